The van der Waals surface area contributed by atoms with Crippen LogP contribution in [0.15, 0.2) is 23.6 Å². The zero-order chi connectivity index (χ0) is 13.0. The quantitative estimate of drug-likeness (QED) is 0.841. The van der Waals surface area contributed by atoms with E-state index >= 15 is 0 Å². The Kier molecular flexibility index (Phi) is 4.15. The molecule has 0 saturated carbocycles. The molecule has 1 atom stereocenters. The van der Waals surface area contributed by atoms with Crippen LogP contribution in [0.2, 0.25) is 0 Å². The Bertz CT molecular complexity index is 454. The fourth-order valence-corrected chi connectivity index (χ4v) is 2.64. The summed E-state index contributed by atoms with van der Waals surface area (Å²) in [7, 11) is 0. The number of amides is 2. The molecule has 2 amide bonds. The minimum atomic E-state index is -0.334. The summed E-state index contributed by atoms with van der Waals surface area (Å²) in [6, 6.07) is 3.56. The molecule has 0 bridgehead atoms. The molecule has 0 radical (unpaired) electrons. The number of rotatable bonds is 3. The molecule has 1 N–H and O–H groups in total. The van der Waals surface area contributed by atoms with Crippen LogP contribution in [0.1, 0.15) is 18.2 Å². The van der Waals surface area contributed by atoms with Crippen molar-refractivity contribution in [1.29, 1.82) is 0 Å². The molecule has 1 fully saturated rings. The molecular weight excluding hydrogens is 248 g/mol. The summed E-state index contributed by atoms with van der Waals surface area (Å²) in [5.74, 6) is -0.147. The van der Waals surface area contributed by atoms with Gasteiger partial charge in [-0.25, -0.2) is 0 Å². The van der Waals surface area contributed by atoms with Crippen molar-refractivity contribution < 1.29 is 9.59 Å². The molecule has 2 rings (SSSR count). The highest BCUT2D eigenvalue weighted by Gasteiger charge is 2.30. The van der Waals surface area contributed by atoms with Gasteiger partial charge in [0.1, 0.15) is 6.04 Å². The molecule has 1 saturated heterocycles. The number of thiophene rings is 1. The van der Waals surface area contributed by atoms with Crippen molar-refractivity contribution in [3.05, 3.63) is 28.5 Å². The molecule has 1 unspecified atom stereocenters. The van der Waals surface area contributed by atoms with E-state index in [4.69, 9.17) is 0 Å². The van der Waals surface area contributed by atoms with E-state index in [9.17, 15) is 9.59 Å². The van der Waals surface area contributed by atoms with Gasteiger partial charge in [0.2, 0.25) is 11.8 Å². The van der Waals surface area contributed by atoms with Crippen LogP contribution in [0.5, 0.6) is 0 Å². The molecule has 96 valence electrons. The highest BCUT2D eigenvalue weighted by Crippen LogP contribution is 2.13. The standard InChI is InChI=1S/C13H16N2O2S/c1-2-11-13(17)14-7-8-15(11)12(16)6-5-10-4-3-9-18-10/h3-6,9,11H,2,7-8H2,1H3,(H,14,17). The Morgan fingerprint density at radius 2 is 2.50 bits per heavy atom. The minimum Gasteiger partial charge on any atom is -0.353 e. The molecule has 0 aromatic carbocycles. The normalized spacial score (nSPS) is 20.2. The van der Waals surface area contributed by atoms with Crippen LogP contribution in [-0.2, 0) is 9.59 Å². The molecule has 1 aromatic rings. The third-order valence-corrected chi connectivity index (χ3v) is 3.77. The number of carbonyl (C=O) groups is 2. The molecule has 0 spiro atoms. The predicted octanol–water partition coefficient (Wildman–Crippen LogP) is 1.50. The lowest BCUT2D eigenvalue weighted by Gasteiger charge is -2.33. The molecule has 2 heterocycles. The second kappa shape index (κ2) is 5.82. The lowest BCUT2D eigenvalue weighted by molar-refractivity contribution is -0.140. The first-order valence-electron chi connectivity index (χ1n) is 6.02. The van der Waals surface area contributed by atoms with Crippen molar-refractivity contribution in [3.63, 3.8) is 0 Å². The van der Waals surface area contributed by atoms with Gasteiger partial charge in [-0.15, -0.1) is 11.3 Å². The Labute approximate surface area is 110 Å². The van der Waals surface area contributed by atoms with Gasteiger partial charge in [-0.2, -0.15) is 0 Å². The monoisotopic (exact) mass is 264 g/mol. The summed E-state index contributed by atoms with van der Waals surface area (Å²) in [5.41, 5.74) is 0. The Morgan fingerprint density at radius 3 is 3.17 bits per heavy atom. The zero-order valence-electron chi connectivity index (χ0n) is 10.3. The van der Waals surface area contributed by atoms with Crippen LogP contribution in [-0.4, -0.2) is 35.8 Å². The number of nitrogens with zero attached hydrogens (tertiary/aromatic N) is 1. The highest BCUT2D eigenvalue weighted by atomic mass is 32.1. The van der Waals surface area contributed by atoms with E-state index in [0.29, 0.717) is 19.5 Å². The Morgan fingerprint density at radius 1 is 1.67 bits per heavy atom. The van der Waals surface area contributed by atoms with Crippen LogP contribution in [0.25, 0.3) is 6.08 Å². The summed E-state index contributed by atoms with van der Waals surface area (Å²) in [6.45, 7) is 3.03. The lowest BCUT2D eigenvalue weighted by atomic mass is 10.1. The maximum atomic E-state index is 12.1. The van der Waals surface area contributed by atoms with E-state index < -0.39 is 0 Å². The minimum absolute atomic E-state index is 0.0541. The molecule has 1 aromatic heterocycles. The van der Waals surface area contributed by atoms with Gasteiger partial charge >= 0.3 is 0 Å². The second-order valence-electron chi connectivity index (χ2n) is 4.10. The fourth-order valence-electron chi connectivity index (χ4n) is 2.02. The first-order chi connectivity index (χ1) is 8.72. The van der Waals surface area contributed by atoms with E-state index in [1.165, 1.54) is 0 Å². The largest absolute Gasteiger partial charge is 0.353 e. The lowest BCUT2D eigenvalue weighted by Crippen LogP contribution is -2.56. The summed E-state index contributed by atoms with van der Waals surface area (Å²) in [4.78, 5) is 26.4. The smallest absolute Gasteiger partial charge is 0.247 e. The molecule has 0 aliphatic carbocycles. The summed E-state index contributed by atoms with van der Waals surface area (Å²) in [6.07, 6.45) is 3.99. The van der Waals surface area contributed by atoms with Gasteiger partial charge in [0, 0.05) is 24.0 Å². The van der Waals surface area contributed by atoms with Gasteiger partial charge in [-0.3, -0.25) is 9.59 Å². The third kappa shape index (κ3) is 2.79. The number of nitrogens with one attached hydrogen (secondary N) is 1. The molecular formula is C13H16N2O2S. The summed E-state index contributed by atoms with van der Waals surface area (Å²) < 4.78 is 0. The fraction of sp³-hybridized carbons (Fsp3) is 0.385. The second-order valence-corrected chi connectivity index (χ2v) is 5.07. The third-order valence-electron chi connectivity index (χ3n) is 2.93. The van der Waals surface area contributed by atoms with Crippen LogP contribution in [0, 0.1) is 0 Å². The first kappa shape index (κ1) is 12.8. The van der Waals surface area contributed by atoms with Gasteiger partial charge in [0.05, 0.1) is 0 Å². The number of hydrogen-bond donors (Lipinski definition) is 1. The van der Waals surface area contributed by atoms with E-state index in [1.54, 1.807) is 28.4 Å². The average Bonchev–Trinajstić information content (AvgIpc) is 2.88. The SMILES string of the molecule is CCC1C(=O)NCCN1C(=O)C=Cc1cccs1. The van der Waals surface area contributed by atoms with E-state index in [-0.39, 0.29) is 17.9 Å². The van der Waals surface area contributed by atoms with Crippen molar-refractivity contribution in [1.82, 2.24) is 10.2 Å². The van der Waals surface area contributed by atoms with Crippen molar-refractivity contribution in [2.24, 2.45) is 0 Å². The molecule has 4 nitrogen and oxygen atoms in total. The molecule has 1 aliphatic heterocycles. The average molecular weight is 264 g/mol. The van der Waals surface area contributed by atoms with E-state index in [0.717, 1.165) is 4.88 Å². The van der Waals surface area contributed by atoms with Crippen LogP contribution >= 0.6 is 11.3 Å². The first-order valence-corrected chi connectivity index (χ1v) is 6.90. The topological polar surface area (TPSA) is 49.4 Å². The molecule has 1 aliphatic rings. The number of hydrogen-bond acceptors (Lipinski definition) is 3. The van der Waals surface area contributed by atoms with E-state index in [2.05, 4.69) is 5.32 Å². The van der Waals surface area contributed by atoms with Crippen LogP contribution in [0.3, 0.4) is 0 Å². The van der Waals surface area contributed by atoms with Gasteiger partial charge in [0.25, 0.3) is 0 Å². The van der Waals surface area contributed by atoms with Gasteiger partial charge in [0.15, 0.2) is 0 Å². The summed E-state index contributed by atoms with van der Waals surface area (Å²) >= 11 is 1.58. The van der Waals surface area contributed by atoms with Crippen LogP contribution < -0.4 is 5.32 Å². The Balaban J connectivity index is 2.05. The zero-order valence-corrected chi connectivity index (χ0v) is 11.1. The number of piperazine rings is 1. The molecule has 5 heteroatoms. The molecule has 18 heavy (non-hydrogen) atoms. The maximum absolute atomic E-state index is 12.1. The maximum Gasteiger partial charge on any atom is 0.247 e. The van der Waals surface area contributed by atoms with Crippen molar-refractivity contribution in [3.8, 4) is 0 Å². The predicted molar refractivity (Wildman–Crippen MR) is 72.2 cm³/mol. The van der Waals surface area contributed by atoms with E-state index in [1.807, 2.05) is 24.4 Å². The number of carbonyl (C=O) groups excluding carboxylic acids is 2. The summed E-state index contributed by atoms with van der Waals surface area (Å²) in [5, 5.41) is 4.75. The highest BCUT2D eigenvalue weighted by molar-refractivity contribution is 7.10. The van der Waals surface area contributed by atoms with Crippen molar-refractivity contribution in [2.75, 3.05) is 13.1 Å². The van der Waals surface area contributed by atoms with Gasteiger partial charge in [-0.1, -0.05) is 13.0 Å². The van der Waals surface area contributed by atoms with Gasteiger partial charge in [-0.05, 0) is 23.9 Å². The Hall–Kier alpha value is -1.62. The van der Waals surface area contributed by atoms with Gasteiger partial charge < -0.3 is 10.2 Å². The van der Waals surface area contributed by atoms with Crippen LogP contribution in [0.4, 0.5) is 0 Å². The van der Waals surface area contributed by atoms with Crippen molar-refractivity contribution in [2.45, 2.75) is 19.4 Å². The van der Waals surface area contributed by atoms with Crippen molar-refractivity contribution >= 4 is 29.2 Å².